The normalized spacial score (nSPS) is 16.0. The average molecular weight is 371 g/mol. The number of nitriles is 1. The smallest absolute Gasteiger partial charge is 0.116 e. The van der Waals surface area contributed by atoms with Crippen molar-refractivity contribution in [2.45, 2.75) is 25.5 Å². The van der Waals surface area contributed by atoms with E-state index in [9.17, 15) is 5.11 Å². The molecule has 0 unspecified atom stereocenters. The molecule has 0 radical (unpaired) electrons. The Hall–Kier alpha value is -3.14. The van der Waals surface area contributed by atoms with Gasteiger partial charge in [0.25, 0.3) is 0 Å². The number of nitrogens with one attached hydrogen (secondary N) is 2. The highest BCUT2D eigenvalue weighted by Crippen LogP contribution is 2.31. The Balaban J connectivity index is 1.51. The summed E-state index contributed by atoms with van der Waals surface area (Å²) >= 11 is 0. The van der Waals surface area contributed by atoms with Crippen molar-refractivity contribution >= 4 is 21.8 Å². The lowest BCUT2D eigenvalue weighted by molar-refractivity contribution is 0.0794. The van der Waals surface area contributed by atoms with E-state index in [1.165, 1.54) is 10.9 Å². The first-order chi connectivity index (χ1) is 13.7. The number of benzene rings is 2. The van der Waals surface area contributed by atoms with Gasteiger partial charge in [-0.25, -0.2) is 0 Å². The molecule has 5 rings (SSSR count). The molecule has 0 aliphatic carbocycles. The first-order valence-electron chi connectivity index (χ1n) is 9.61. The van der Waals surface area contributed by atoms with E-state index in [1.807, 2.05) is 18.2 Å². The third-order valence-electron chi connectivity index (χ3n) is 5.65. The first-order valence-corrected chi connectivity index (χ1v) is 9.61. The van der Waals surface area contributed by atoms with Crippen molar-refractivity contribution in [1.29, 1.82) is 5.26 Å². The number of rotatable bonds is 3. The Morgan fingerprint density at radius 2 is 1.96 bits per heavy atom. The molecule has 28 heavy (non-hydrogen) atoms. The van der Waals surface area contributed by atoms with Crippen LogP contribution in [0.3, 0.4) is 0 Å². The number of fused-ring (bicyclic) bond motifs is 2. The van der Waals surface area contributed by atoms with E-state index in [1.54, 1.807) is 0 Å². The van der Waals surface area contributed by atoms with Crippen LogP contribution >= 0.6 is 0 Å². The van der Waals surface area contributed by atoms with Crippen molar-refractivity contribution in [3.05, 3.63) is 53.6 Å². The third-order valence-corrected chi connectivity index (χ3v) is 5.65. The van der Waals surface area contributed by atoms with Gasteiger partial charge in [0.05, 0.1) is 28.9 Å². The molecule has 1 saturated heterocycles. The molecular weight excluding hydrogens is 350 g/mol. The van der Waals surface area contributed by atoms with Crippen molar-refractivity contribution in [2.75, 3.05) is 13.1 Å². The van der Waals surface area contributed by atoms with E-state index >= 15 is 0 Å². The van der Waals surface area contributed by atoms with E-state index in [-0.39, 0.29) is 6.10 Å². The average Bonchev–Trinajstić information content (AvgIpc) is 3.33. The molecule has 0 saturated carbocycles. The van der Waals surface area contributed by atoms with Crippen LogP contribution in [0.5, 0.6) is 0 Å². The number of aliphatic hydroxyl groups excluding tert-OH is 1. The highest BCUT2D eigenvalue weighted by Gasteiger charge is 2.18. The zero-order valence-electron chi connectivity index (χ0n) is 15.4. The summed E-state index contributed by atoms with van der Waals surface area (Å²) in [5, 5.41) is 28.5. The van der Waals surface area contributed by atoms with E-state index in [2.05, 4.69) is 50.4 Å². The number of H-pyrrole nitrogens is 2. The topological polar surface area (TPSA) is 91.7 Å². The number of aromatic amines is 2. The Morgan fingerprint density at radius 3 is 2.79 bits per heavy atom. The van der Waals surface area contributed by atoms with Gasteiger partial charge in [-0.05, 0) is 48.7 Å². The fourth-order valence-corrected chi connectivity index (χ4v) is 4.10. The van der Waals surface area contributed by atoms with Crippen molar-refractivity contribution in [1.82, 2.24) is 20.1 Å². The largest absolute Gasteiger partial charge is 0.393 e. The lowest BCUT2D eigenvalue weighted by Gasteiger charge is -2.29. The molecular formula is C22H21N5O. The molecule has 6 heteroatoms. The number of hydrogen-bond donors (Lipinski definition) is 3. The minimum Gasteiger partial charge on any atom is -0.393 e. The zero-order valence-corrected chi connectivity index (χ0v) is 15.4. The molecule has 3 heterocycles. The number of piperidine rings is 1. The summed E-state index contributed by atoms with van der Waals surface area (Å²) in [7, 11) is 0. The van der Waals surface area contributed by atoms with Crippen molar-refractivity contribution < 1.29 is 5.11 Å². The quantitative estimate of drug-likeness (QED) is 0.514. The summed E-state index contributed by atoms with van der Waals surface area (Å²) in [5.74, 6) is 0. The van der Waals surface area contributed by atoms with Crippen LogP contribution in [0.4, 0.5) is 0 Å². The molecule has 2 aromatic heterocycles. The van der Waals surface area contributed by atoms with E-state index in [4.69, 9.17) is 5.26 Å². The Morgan fingerprint density at radius 1 is 1.11 bits per heavy atom. The highest BCUT2D eigenvalue weighted by molar-refractivity contribution is 5.96. The van der Waals surface area contributed by atoms with Crippen LogP contribution in [-0.2, 0) is 6.54 Å². The molecule has 0 atom stereocenters. The Labute approximate surface area is 162 Å². The van der Waals surface area contributed by atoms with E-state index in [0.717, 1.165) is 60.3 Å². The van der Waals surface area contributed by atoms with Crippen molar-refractivity contribution in [3.8, 4) is 17.5 Å². The van der Waals surface area contributed by atoms with Gasteiger partial charge in [-0.1, -0.05) is 12.1 Å². The minimum atomic E-state index is -0.152. The molecule has 1 fully saturated rings. The number of aromatic nitrogens is 3. The number of hydrogen-bond acceptors (Lipinski definition) is 4. The zero-order chi connectivity index (χ0) is 19.1. The molecule has 0 spiro atoms. The number of likely N-dealkylation sites (tertiary alicyclic amines) is 1. The van der Waals surface area contributed by atoms with Gasteiger partial charge in [-0.2, -0.15) is 10.4 Å². The summed E-state index contributed by atoms with van der Waals surface area (Å²) in [6, 6.07) is 16.3. The molecule has 0 bridgehead atoms. The van der Waals surface area contributed by atoms with E-state index in [0.29, 0.717) is 5.56 Å². The molecule has 140 valence electrons. The lowest BCUT2D eigenvalue weighted by atomic mass is 10.0. The summed E-state index contributed by atoms with van der Waals surface area (Å²) < 4.78 is 0. The Bertz CT molecular complexity index is 1190. The maximum Gasteiger partial charge on any atom is 0.116 e. The van der Waals surface area contributed by atoms with Crippen LogP contribution in [-0.4, -0.2) is 44.4 Å². The van der Waals surface area contributed by atoms with Gasteiger partial charge < -0.3 is 10.1 Å². The van der Waals surface area contributed by atoms with Gasteiger partial charge >= 0.3 is 0 Å². The summed E-state index contributed by atoms with van der Waals surface area (Å²) in [5.41, 5.74) is 5.68. The van der Waals surface area contributed by atoms with Crippen molar-refractivity contribution in [2.24, 2.45) is 0 Å². The van der Waals surface area contributed by atoms with Gasteiger partial charge in [0.15, 0.2) is 0 Å². The number of aliphatic hydroxyl groups is 1. The van der Waals surface area contributed by atoms with E-state index < -0.39 is 0 Å². The minimum absolute atomic E-state index is 0.152. The molecule has 6 nitrogen and oxygen atoms in total. The van der Waals surface area contributed by atoms with Gasteiger partial charge in [0.2, 0.25) is 0 Å². The second-order valence-corrected chi connectivity index (χ2v) is 7.51. The third kappa shape index (κ3) is 2.95. The van der Waals surface area contributed by atoms with Crippen LogP contribution in [0, 0.1) is 11.3 Å². The monoisotopic (exact) mass is 371 g/mol. The molecule has 0 amide bonds. The summed E-state index contributed by atoms with van der Waals surface area (Å²) in [4.78, 5) is 5.90. The second kappa shape index (κ2) is 6.79. The van der Waals surface area contributed by atoms with Crippen molar-refractivity contribution in [3.63, 3.8) is 0 Å². The standard InChI is InChI=1S/C22H21N5O/c23-12-14-4-5-17-20(10-14)25-26-22(17)21-11-18-15(2-1-3-19(18)24-21)13-27-8-6-16(28)7-9-27/h1-5,10-11,16,24,28H,6-9,13H2,(H,25,26). The fourth-order valence-electron chi connectivity index (χ4n) is 4.10. The highest BCUT2D eigenvalue weighted by atomic mass is 16.3. The fraction of sp³-hybridized carbons (Fsp3) is 0.273. The van der Waals surface area contributed by atoms with Crippen LogP contribution in [0.1, 0.15) is 24.0 Å². The van der Waals surface area contributed by atoms with Crippen LogP contribution in [0.15, 0.2) is 42.5 Å². The second-order valence-electron chi connectivity index (χ2n) is 7.51. The predicted octanol–water partition coefficient (Wildman–Crippen LogP) is 3.54. The Kier molecular flexibility index (Phi) is 4.12. The maximum atomic E-state index is 9.73. The van der Waals surface area contributed by atoms with Gasteiger partial charge in [0, 0.05) is 35.9 Å². The maximum absolute atomic E-state index is 9.73. The first kappa shape index (κ1) is 17.0. The molecule has 3 N–H and O–H groups in total. The van der Waals surface area contributed by atoms with Gasteiger partial charge in [-0.3, -0.25) is 10.00 Å². The SMILES string of the molecule is N#Cc1ccc2c(-c3cc4c(CN5CCC(O)CC5)cccc4[nH]3)n[nH]c2c1. The molecule has 1 aliphatic rings. The molecule has 2 aromatic carbocycles. The predicted molar refractivity (Wildman–Crippen MR) is 109 cm³/mol. The molecule has 4 aromatic rings. The number of nitrogens with zero attached hydrogens (tertiary/aromatic N) is 3. The van der Waals surface area contributed by atoms with Gasteiger partial charge in [0.1, 0.15) is 5.69 Å². The summed E-state index contributed by atoms with van der Waals surface area (Å²) in [6.45, 7) is 2.74. The van der Waals surface area contributed by atoms with Crippen LogP contribution < -0.4 is 0 Å². The van der Waals surface area contributed by atoms with Gasteiger partial charge in [-0.15, -0.1) is 0 Å². The van der Waals surface area contributed by atoms with Crippen LogP contribution in [0.25, 0.3) is 33.2 Å². The summed E-state index contributed by atoms with van der Waals surface area (Å²) in [6.07, 6.45) is 1.54. The lowest BCUT2D eigenvalue weighted by Crippen LogP contribution is -2.35. The molecule has 1 aliphatic heterocycles. The van der Waals surface area contributed by atoms with Crippen LogP contribution in [0.2, 0.25) is 0 Å².